The van der Waals surface area contributed by atoms with Gasteiger partial charge in [0.25, 0.3) is 0 Å². The van der Waals surface area contributed by atoms with E-state index in [0.29, 0.717) is 12.5 Å². The smallest absolute Gasteiger partial charge is 0.338 e. The number of hydrogen-bond acceptors (Lipinski definition) is 7. The minimum Gasteiger partial charge on any atom is -0.545 e. The standard InChI is InChI=1S/C19H26O7/c1-3-5-7-13(4-2)12-25-10-11-26-19(24)15-9-6-8-14(17(20)21)16(15)18(22)23/h6,8-9,13H,3-5,7,10-12H2,1-2H3,(H,20,21)(H,22,23)/p-2. The minimum atomic E-state index is -1.78. The van der Waals surface area contributed by atoms with Crippen LogP contribution >= 0.6 is 0 Å². The van der Waals surface area contributed by atoms with E-state index in [1.54, 1.807) is 0 Å². The molecule has 7 nitrogen and oxygen atoms in total. The molecule has 0 saturated carbocycles. The van der Waals surface area contributed by atoms with Crippen LogP contribution in [0.4, 0.5) is 0 Å². The number of benzene rings is 1. The molecule has 1 aromatic rings. The number of carboxylic acids is 2. The number of aromatic carboxylic acids is 2. The fourth-order valence-electron chi connectivity index (χ4n) is 2.53. The number of hydrogen-bond donors (Lipinski definition) is 0. The van der Waals surface area contributed by atoms with E-state index in [0.717, 1.165) is 31.7 Å². The molecule has 0 fully saturated rings. The van der Waals surface area contributed by atoms with Crippen LogP contribution in [0, 0.1) is 5.92 Å². The van der Waals surface area contributed by atoms with Gasteiger partial charge in [0.1, 0.15) is 6.61 Å². The molecule has 0 radical (unpaired) electrons. The second-order valence-electron chi connectivity index (χ2n) is 5.93. The molecular formula is C19H24O7-2. The van der Waals surface area contributed by atoms with Gasteiger partial charge >= 0.3 is 5.97 Å². The molecule has 0 amide bonds. The third kappa shape index (κ3) is 6.48. The summed E-state index contributed by atoms with van der Waals surface area (Å²) in [7, 11) is 0. The van der Waals surface area contributed by atoms with E-state index in [4.69, 9.17) is 9.47 Å². The first-order chi connectivity index (χ1) is 12.4. The zero-order chi connectivity index (χ0) is 19.5. The van der Waals surface area contributed by atoms with Crippen LogP contribution in [-0.2, 0) is 9.47 Å². The zero-order valence-electron chi connectivity index (χ0n) is 15.1. The summed E-state index contributed by atoms with van der Waals surface area (Å²) in [5, 5.41) is 22.2. The van der Waals surface area contributed by atoms with Crippen molar-refractivity contribution in [2.75, 3.05) is 19.8 Å². The third-order valence-electron chi connectivity index (χ3n) is 4.07. The highest BCUT2D eigenvalue weighted by Gasteiger charge is 2.17. The monoisotopic (exact) mass is 364 g/mol. The molecule has 0 aliphatic heterocycles. The normalized spacial score (nSPS) is 11.8. The highest BCUT2D eigenvalue weighted by Crippen LogP contribution is 2.16. The van der Waals surface area contributed by atoms with E-state index in [2.05, 4.69) is 13.8 Å². The molecule has 1 unspecified atom stereocenters. The van der Waals surface area contributed by atoms with Crippen molar-refractivity contribution in [1.29, 1.82) is 0 Å². The second-order valence-corrected chi connectivity index (χ2v) is 5.93. The molecule has 1 aromatic carbocycles. The molecule has 1 rings (SSSR count). The molecule has 26 heavy (non-hydrogen) atoms. The third-order valence-corrected chi connectivity index (χ3v) is 4.07. The lowest BCUT2D eigenvalue weighted by molar-refractivity contribution is -0.259. The van der Waals surface area contributed by atoms with Gasteiger partial charge in [0.2, 0.25) is 0 Å². The van der Waals surface area contributed by atoms with Crippen LogP contribution in [0.3, 0.4) is 0 Å². The highest BCUT2D eigenvalue weighted by molar-refractivity contribution is 6.08. The fraction of sp³-hybridized carbons (Fsp3) is 0.526. The topological polar surface area (TPSA) is 116 Å². The molecule has 0 aliphatic rings. The first kappa shape index (κ1) is 21.6. The predicted octanol–water partition coefficient (Wildman–Crippen LogP) is 0.803. The van der Waals surface area contributed by atoms with Crippen molar-refractivity contribution in [2.45, 2.75) is 39.5 Å². The summed E-state index contributed by atoms with van der Waals surface area (Å²) in [4.78, 5) is 34.2. The molecule has 0 bridgehead atoms. The van der Waals surface area contributed by atoms with Gasteiger partial charge in [-0.3, -0.25) is 0 Å². The summed E-state index contributed by atoms with van der Waals surface area (Å²) in [6.45, 7) is 4.90. The van der Waals surface area contributed by atoms with Crippen LogP contribution in [-0.4, -0.2) is 37.7 Å². The van der Waals surface area contributed by atoms with Crippen molar-refractivity contribution in [1.82, 2.24) is 0 Å². The predicted molar refractivity (Wildman–Crippen MR) is 89.5 cm³/mol. The molecule has 0 aliphatic carbocycles. The zero-order valence-corrected chi connectivity index (χ0v) is 15.1. The van der Waals surface area contributed by atoms with Crippen LogP contribution < -0.4 is 10.2 Å². The van der Waals surface area contributed by atoms with E-state index in [9.17, 15) is 24.6 Å². The maximum atomic E-state index is 12.1. The Morgan fingerprint density at radius 3 is 2.31 bits per heavy atom. The van der Waals surface area contributed by atoms with Crippen LogP contribution in [0.15, 0.2) is 18.2 Å². The van der Waals surface area contributed by atoms with Gasteiger partial charge < -0.3 is 29.3 Å². The Morgan fingerprint density at radius 1 is 1.04 bits per heavy atom. The summed E-state index contributed by atoms with van der Waals surface area (Å²) >= 11 is 0. The molecule has 0 heterocycles. The van der Waals surface area contributed by atoms with Crippen LogP contribution in [0.5, 0.6) is 0 Å². The van der Waals surface area contributed by atoms with Crippen LogP contribution in [0.2, 0.25) is 0 Å². The van der Waals surface area contributed by atoms with Crippen molar-refractivity contribution in [3.63, 3.8) is 0 Å². The van der Waals surface area contributed by atoms with Gasteiger partial charge in [-0.25, -0.2) is 4.79 Å². The first-order valence-electron chi connectivity index (χ1n) is 8.72. The van der Waals surface area contributed by atoms with E-state index < -0.39 is 29.0 Å². The lowest BCUT2D eigenvalue weighted by Crippen LogP contribution is -2.32. The number of esters is 1. The molecular weight excluding hydrogens is 340 g/mol. The number of rotatable bonds is 12. The Balaban J connectivity index is 2.58. The number of carbonyl (C=O) groups is 3. The first-order valence-corrected chi connectivity index (χ1v) is 8.72. The fourth-order valence-corrected chi connectivity index (χ4v) is 2.53. The Morgan fingerprint density at radius 2 is 1.73 bits per heavy atom. The molecule has 0 spiro atoms. The number of carbonyl (C=O) groups excluding carboxylic acids is 3. The lowest BCUT2D eigenvalue weighted by Gasteiger charge is -2.16. The highest BCUT2D eigenvalue weighted by atomic mass is 16.6. The number of unbranched alkanes of at least 4 members (excludes halogenated alkanes) is 1. The van der Waals surface area contributed by atoms with Gasteiger partial charge in [-0.2, -0.15) is 0 Å². The van der Waals surface area contributed by atoms with Gasteiger partial charge in [-0.15, -0.1) is 0 Å². The minimum absolute atomic E-state index is 0.0644. The van der Waals surface area contributed by atoms with E-state index in [1.807, 2.05) is 0 Å². The van der Waals surface area contributed by atoms with E-state index in [1.165, 1.54) is 12.1 Å². The molecule has 0 aromatic heterocycles. The van der Waals surface area contributed by atoms with Crippen molar-refractivity contribution < 1.29 is 34.1 Å². The van der Waals surface area contributed by atoms with E-state index >= 15 is 0 Å². The quantitative estimate of drug-likeness (QED) is 0.398. The Bertz CT molecular complexity index is 624. The van der Waals surface area contributed by atoms with Crippen LogP contribution in [0.1, 0.15) is 70.6 Å². The number of ether oxygens (including phenoxy) is 2. The lowest BCUT2D eigenvalue weighted by atomic mass is 10.0. The maximum Gasteiger partial charge on any atom is 0.338 e. The molecule has 0 N–H and O–H groups in total. The number of carboxylic acid groups (broad SMARTS) is 2. The average molecular weight is 364 g/mol. The van der Waals surface area contributed by atoms with Gasteiger partial charge in [0.15, 0.2) is 0 Å². The van der Waals surface area contributed by atoms with Gasteiger partial charge in [0.05, 0.1) is 24.1 Å². The van der Waals surface area contributed by atoms with Crippen molar-refractivity contribution >= 4 is 17.9 Å². The molecule has 144 valence electrons. The Labute approximate surface area is 152 Å². The van der Waals surface area contributed by atoms with Gasteiger partial charge in [-0.1, -0.05) is 45.2 Å². The van der Waals surface area contributed by atoms with Crippen LogP contribution in [0.25, 0.3) is 0 Å². The molecule has 1 atom stereocenters. The maximum absolute atomic E-state index is 12.1. The van der Waals surface area contributed by atoms with Gasteiger partial charge in [-0.05, 0) is 18.4 Å². The summed E-state index contributed by atoms with van der Waals surface area (Å²) in [5.41, 5.74) is -1.76. The second kappa shape index (κ2) is 11.3. The summed E-state index contributed by atoms with van der Waals surface area (Å²) < 4.78 is 10.5. The molecule has 7 heteroatoms. The summed E-state index contributed by atoms with van der Waals surface area (Å²) in [6.07, 6.45) is 4.35. The van der Waals surface area contributed by atoms with Crippen molar-refractivity contribution in [3.05, 3.63) is 34.9 Å². The van der Waals surface area contributed by atoms with E-state index in [-0.39, 0.29) is 18.8 Å². The van der Waals surface area contributed by atoms with Crippen molar-refractivity contribution in [2.24, 2.45) is 5.92 Å². The Kier molecular flexibility index (Phi) is 9.36. The average Bonchev–Trinajstić information content (AvgIpc) is 2.62. The largest absolute Gasteiger partial charge is 0.545 e. The molecule has 0 saturated heterocycles. The summed E-state index contributed by atoms with van der Waals surface area (Å²) in [5.74, 6) is -3.99. The summed E-state index contributed by atoms with van der Waals surface area (Å²) in [6, 6.07) is 3.43. The SMILES string of the molecule is CCCCC(CC)COCCOC(=O)c1cccc(C(=O)[O-])c1C(=O)[O-]. The van der Waals surface area contributed by atoms with Gasteiger partial charge in [0, 0.05) is 17.7 Å². The van der Waals surface area contributed by atoms with Crippen molar-refractivity contribution in [3.8, 4) is 0 Å². The Hall–Kier alpha value is -2.41.